The molecule has 1 saturated carbocycles. The number of alkyl halides is 3. The van der Waals surface area contributed by atoms with Crippen LogP contribution in [0.4, 0.5) is 18.9 Å². The summed E-state index contributed by atoms with van der Waals surface area (Å²) in [5.74, 6) is -1.92. The van der Waals surface area contributed by atoms with Crippen molar-refractivity contribution in [1.29, 1.82) is 0 Å². The van der Waals surface area contributed by atoms with E-state index in [0.29, 0.717) is 25.5 Å². The van der Waals surface area contributed by atoms with E-state index in [9.17, 15) is 22.8 Å². The molecule has 0 atom stereocenters. The first-order valence-electron chi connectivity index (χ1n) is 12.7. The molecule has 5 rings (SSSR count). The van der Waals surface area contributed by atoms with E-state index in [1.807, 2.05) is 11.8 Å². The summed E-state index contributed by atoms with van der Waals surface area (Å²) in [5, 5.41) is 16.2. The number of likely N-dealkylation sites (tertiary alicyclic amines) is 1. The Kier molecular flexibility index (Phi) is 7.92. The van der Waals surface area contributed by atoms with Gasteiger partial charge in [0.1, 0.15) is 5.75 Å². The minimum atomic E-state index is -5.08. The van der Waals surface area contributed by atoms with Crippen LogP contribution < -0.4 is 9.64 Å². The highest BCUT2D eigenvalue weighted by Crippen LogP contribution is 2.46. The molecule has 11 heteroatoms. The highest BCUT2D eigenvalue weighted by molar-refractivity contribution is 5.97. The molecule has 1 spiro atoms. The second kappa shape index (κ2) is 10.9. The van der Waals surface area contributed by atoms with E-state index in [1.54, 1.807) is 24.3 Å². The quantitative estimate of drug-likeness (QED) is 0.510. The van der Waals surface area contributed by atoms with E-state index >= 15 is 0 Å². The molecule has 210 valence electrons. The number of rotatable bonds is 7. The van der Waals surface area contributed by atoms with E-state index < -0.39 is 18.1 Å². The number of aryl methyl sites for hydroxylation is 1. The van der Waals surface area contributed by atoms with Crippen LogP contribution in [0.15, 0.2) is 36.4 Å². The van der Waals surface area contributed by atoms with E-state index in [1.165, 1.54) is 29.5 Å². The third-order valence-corrected chi connectivity index (χ3v) is 7.26. The van der Waals surface area contributed by atoms with E-state index in [-0.39, 0.29) is 16.9 Å². The summed E-state index contributed by atoms with van der Waals surface area (Å²) in [6.07, 6.45) is -1.99. The minimum Gasteiger partial charge on any atom is -0.494 e. The van der Waals surface area contributed by atoms with Crippen molar-refractivity contribution < 1.29 is 42.5 Å². The number of carbonyl (C=O) groups excluding carboxylic acids is 1. The largest absolute Gasteiger partial charge is 0.494 e. The van der Waals surface area contributed by atoms with Gasteiger partial charge in [0.05, 0.1) is 12.2 Å². The van der Waals surface area contributed by atoms with Gasteiger partial charge in [0.15, 0.2) is 0 Å². The van der Waals surface area contributed by atoms with Gasteiger partial charge in [0.25, 0.3) is 0 Å². The number of ether oxygens (including phenoxy) is 1. The summed E-state index contributed by atoms with van der Waals surface area (Å²) < 4.78 is 37.6. The Morgan fingerprint density at radius 2 is 1.69 bits per heavy atom. The fourth-order valence-electron chi connectivity index (χ4n) is 5.36. The number of nitrogens with zero attached hydrogens (tertiary/aromatic N) is 2. The number of aliphatic carboxylic acids is 1. The Morgan fingerprint density at radius 3 is 2.21 bits per heavy atom. The van der Waals surface area contributed by atoms with E-state index in [4.69, 9.17) is 19.7 Å². The zero-order valence-electron chi connectivity index (χ0n) is 21.8. The summed E-state index contributed by atoms with van der Waals surface area (Å²) in [7, 11) is 0. The number of hydrogen-bond acceptors (Lipinski definition) is 5. The molecular weight excluding hydrogens is 517 g/mol. The van der Waals surface area contributed by atoms with Crippen molar-refractivity contribution >= 4 is 23.5 Å². The molecule has 0 radical (unpaired) electrons. The maximum atomic E-state index is 12.7. The molecule has 0 bridgehead atoms. The highest BCUT2D eigenvalue weighted by Gasteiger charge is 2.51. The highest BCUT2D eigenvalue weighted by atomic mass is 19.4. The first kappa shape index (κ1) is 28.4. The van der Waals surface area contributed by atoms with Crippen LogP contribution in [-0.4, -0.2) is 65.4 Å². The Bertz CT molecular complexity index is 1250. The van der Waals surface area contributed by atoms with Crippen LogP contribution in [0.1, 0.15) is 59.2 Å². The summed E-state index contributed by atoms with van der Waals surface area (Å²) in [6.45, 7) is 8.22. The standard InChI is InChI=1S/C26H30N2O4.C2HF3O2/c1-3-32-23-11-20(22(10-17(23)2)18-4-5-18)13-27-14-26(15-27)12-24(29)28(16-26)21-8-6-19(7-9-21)25(30)31;3-2(4,5)1(6)7/h6-11,18H,3-5,12-16H2,1-2H3,(H,30,31);(H,6,7). The second-order valence-electron chi connectivity index (χ2n) is 10.5. The molecule has 39 heavy (non-hydrogen) atoms. The fraction of sp³-hybridized carbons (Fsp3) is 0.464. The first-order chi connectivity index (χ1) is 18.3. The molecule has 2 saturated heterocycles. The number of carboxylic acids is 2. The van der Waals surface area contributed by atoms with Crippen LogP contribution in [0, 0.1) is 12.3 Å². The number of benzene rings is 2. The molecule has 2 N–H and O–H groups in total. The smallest absolute Gasteiger partial charge is 0.490 e. The molecule has 2 aromatic carbocycles. The van der Waals surface area contributed by atoms with Crippen LogP contribution in [-0.2, 0) is 16.1 Å². The molecule has 8 nitrogen and oxygen atoms in total. The van der Waals surface area contributed by atoms with Crippen molar-refractivity contribution in [2.45, 2.75) is 51.7 Å². The van der Waals surface area contributed by atoms with Gasteiger partial charge in [-0.2, -0.15) is 13.2 Å². The summed E-state index contributed by atoms with van der Waals surface area (Å²) >= 11 is 0. The summed E-state index contributed by atoms with van der Waals surface area (Å²) in [5.41, 5.74) is 5.06. The normalized spacial score (nSPS) is 18.4. The summed E-state index contributed by atoms with van der Waals surface area (Å²) in [6, 6.07) is 11.1. The van der Waals surface area contributed by atoms with E-state index in [2.05, 4.69) is 24.0 Å². The van der Waals surface area contributed by atoms with Crippen molar-refractivity contribution in [3.8, 4) is 5.75 Å². The lowest BCUT2D eigenvalue weighted by molar-refractivity contribution is -0.192. The van der Waals surface area contributed by atoms with Crippen molar-refractivity contribution in [1.82, 2.24) is 4.90 Å². The van der Waals surface area contributed by atoms with Gasteiger partial charge in [-0.25, -0.2) is 9.59 Å². The number of halogens is 3. The number of carbonyl (C=O) groups is 3. The third kappa shape index (κ3) is 6.52. The van der Waals surface area contributed by atoms with Crippen molar-refractivity contribution in [3.63, 3.8) is 0 Å². The minimum absolute atomic E-state index is 0.00422. The predicted octanol–water partition coefficient (Wildman–Crippen LogP) is 4.84. The molecule has 0 unspecified atom stereocenters. The number of carboxylic acid groups (broad SMARTS) is 2. The average molecular weight is 549 g/mol. The van der Waals surface area contributed by atoms with Gasteiger partial charge in [-0.05, 0) is 79.6 Å². The van der Waals surface area contributed by atoms with Crippen molar-refractivity contribution in [2.75, 3.05) is 31.1 Å². The fourth-order valence-corrected chi connectivity index (χ4v) is 5.36. The lowest BCUT2D eigenvalue weighted by atomic mass is 9.78. The lowest BCUT2D eigenvalue weighted by Crippen LogP contribution is -2.56. The third-order valence-electron chi connectivity index (χ3n) is 7.26. The Labute approximate surface area is 224 Å². The zero-order chi connectivity index (χ0) is 28.5. The lowest BCUT2D eigenvalue weighted by Gasteiger charge is -2.47. The molecule has 2 aliphatic heterocycles. The number of anilines is 1. The number of amides is 1. The molecular formula is C28H31F3N2O6. The Balaban J connectivity index is 0.000000448. The molecule has 2 aromatic rings. The SMILES string of the molecule is CCOc1cc(CN2CC3(CC(=O)N(c4ccc(C(=O)O)cc4)C3)C2)c(C2CC2)cc1C.O=C(O)C(F)(F)F. The van der Waals surface area contributed by atoms with Crippen LogP contribution >= 0.6 is 0 Å². The summed E-state index contributed by atoms with van der Waals surface area (Å²) in [4.78, 5) is 37.0. The topological polar surface area (TPSA) is 107 Å². The van der Waals surface area contributed by atoms with E-state index in [0.717, 1.165) is 31.1 Å². The monoisotopic (exact) mass is 548 g/mol. The van der Waals surface area contributed by atoms with Crippen LogP contribution in [0.2, 0.25) is 0 Å². The van der Waals surface area contributed by atoms with Gasteiger partial charge < -0.3 is 19.8 Å². The maximum absolute atomic E-state index is 12.7. The van der Waals surface area contributed by atoms with Gasteiger partial charge >= 0.3 is 18.1 Å². The molecule has 1 aliphatic carbocycles. The first-order valence-corrected chi connectivity index (χ1v) is 12.7. The molecule has 1 amide bonds. The van der Waals surface area contributed by atoms with Crippen LogP contribution in [0.5, 0.6) is 5.75 Å². The van der Waals surface area contributed by atoms with Gasteiger partial charge in [-0.1, -0.05) is 6.07 Å². The Morgan fingerprint density at radius 1 is 1.08 bits per heavy atom. The zero-order valence-corrected chi connectivity index (χ0v) is 21.8. The van der Waals surface area contributed by atoms with Crippen LogP contribution in [0.3, 0.4) is 0 Å². The van der Waals surface area contributed by atoms with Crippen LogP contribution in [0.25, 0.3) is 0 Å². The van der Waals surface area contributed by atoms with Gasteiger partial charge in [0, 0.05) is 43.7 Å². The molecule has 3 fully saturated rings. The number of hydrogen-bond donors (Lipinski definition) is 2. The molecule has 2 heterocycles. The Hall–Kier alpha value is -3.60. The van der Waals surface area contributed by atoms with Gasteiger partial charge in [-0.15, -0.1) is 0 Å². The molecule has 3 aliphatic rings. The van der Waals surface area contributed by atoms with Gasteiger partial charge in [0.2, 0.25) is 5.91 Å². The van der Waals surface area contributed by atoms with Gasteiger partial charge in [-0.3, -0.25) is 9.69 Å². The molecule has 0 aromatic heterocycles. The van der Waals surface area contributed by atoms with Crippen molar-refractivity contribution in [3.05, 3.63) is 58.7 Å². The van der Waals surface area contributed by atoms with Crippen molar-refractivity contribution in [2.24, 2.45) is 5.41 Å². The maximum Gasteiger partial charge on any atom is 0.490 e. The second-order valence-corrected chi connectivity index (χ2v) is 10.5. The predicted molar refractivity (Wildman–Crippen MR) is 136 cm³/mol. The average Bonchev–Trinajstić information content (AvgIpc) is 3.63. The number of aromatic carboxylic acids is 1.